The van der Waals surface area contributed by atoms with Crippen LogP contribution in [0.3, 0.4) is 0 Å². The molecule has 1 atom stereocenters. The molecule has 1 fully saturated rings. The Balaban J connectivity index is 2.22. The van der Waals surface area contributed by atoms with E-state index in [-0.39, 0.29) is 0 Å². The molecule has 0 saturated carbocycles. The summed E-state index contributed by atoms with van der Waals surface area (Å²) in [7, 11) is 0. The lowest BCUT2D eigenvalue weighted by atomic mass is 9.98. The predicted octanol–water partition coefficient (Wildman–Crippen LogP) is 2.82. The number of hydrogen-bond acceptors (Lipinski definition) is 4. The fourth-order valence-electron chi connectivity index (χ4n) is 2.62. The Morgan fingerprint density at radius 1 is 1.60 bits per heavy atom. The molecule has 1 N–H and O–H groups in total. The number of piperidine rings is 1. The van der Waals surface area contributed by atoms with Crippen LogP contribution in [0.25, 0.3) is 0 Å². The van der Waals surface area contributed by atoms with Crippen LogP contribution in [0.5, 0.6) is 0 Å². The molecule has 1 aliphatic rings. The van der Waals surface area contributed by atoms with Gasteiger partial charge in [-0.15, -0.1) is 0 Å². The second kappa shape index (κ2) is 6.92. The van der Waals surface area contributed by atoms with Crippen molar-refractivity contribution < 1.29 is 0 Å². The number of rotatable bonds is 4. The fraction of sp³-hybridized carbons (Fsp3) is 0.600. The summed E-state index contributed by atoms with van der Waals surface area (Å²) in [5.41, 5.74) is 0.490. The van der Waals surface area contributed by atoms with Gasteiger partial charge in [0.2, 0.25) is 0 Å². The monoisotopic (exact) mass is 292 g/mol. The Labute approximate surface area is 125 Å². The molecule has 0 aromatic carbocycles. The zero-order valence-corrected chi connectivity index (χ0v) is 12.8. The highest BCUT2D eigenvalue weighted by molar-refractivity contribution is 6.34. The molecule has 1 aliphatic heterocycles. The van der Waals surface area contributed by atoms with Gasteiger partial charge in [-0.2, -0.15) is 5.26 Å². The van der Waals surface area contributed by atoms with Gasteiger partial charge in [0.25, 0.3) is 0 Å². The van der Waals surface area contributed by atoms with Crippen LogP contribution in [0.1, 0.15) is 32.3 Å². The number of pyridine rings is 1. The molecule has 2 heterocycles. The van der Waals surface area contributed by atoms with Crippen molar-refractivity contribution in [2.75, 3.05) is 24.5 Å². The minimum Gasteiger partial charge on any atom is -0.353 e. The zero-order chi connectivity index (χ0) is 14.5. The van der Waals surface area contributed by atoms with Crippen molar-refractivity contribution in [3.05, 3.63) is 22.8 Å². The van der Waals surface area contributed by atoms with Gasteiger partial charge in [-0.3, -0.25) is 0 Å². The van der Waals surface area contributed by atoms with Crippen LogP contribution < -0.4 is 10.2 Å². The summed E-state index contributed by atoms with van der Waals surface area (Å²) in [5, 5.41) is 13.0. The topological polar surface area (TPSA) is 52.0 Å². The summed E-state index contributed by atoms with van der Waals surface area (Å²) in [5.74, 6) is 1.33. The molecule has 0 aliphatic carbocycles. The van der Waals surface area contributed by atoms with Gasteiger partial charge < -0.3 is 10.2 Å². The van der Waals surface area contributed by atoms with Crippen molar-refractivity contribution in [2.45, 2.75) is 32.7 Å². The molecule has 2 rings (SSSR count). The second-order valence-electron chi connectivity index (χ2n) is 5.57. The standard InChI is InChI=1S/C15H21ClN4/c1-11(2)20(10-12-4-3-6-18-9-12)15-14(16)13(8-17)5-7-19-15/h5,7,11-12,18H,3-4,6,9-10H2,1-2H3. The van der Waals surface area contributed by atoms with Crippen LogP contribution in [-0.2, 0) is 0 Å². The molecule has 0 spiro atoms. The predicted molar refractivity (Wildman–Crippen MR) is 82.0 cm³/mol. The minimum atomic E-state index is 0.302. The van der Waals surface area contributed by atoms with Crippen molar-refractivity contribution in [1.29, 1.82) is 5.26 Å². The molecule has 5 heteroatoms. The molecule has 1 aromatic rings. The lowest BCUT2D eigenvalue weighted by Crippen LogP contribution is -2.41. The SMILES string of the molecule is CC(C)N(CC1CCCNC1)c1nccc(C#N)c1Cl. The van der Waals surface area contributed by atoms with E-state index in [9.17, 15) is 0 Å². The largest absolute Gasteiger partial charge is 0.353 e. The molecule has 0 radical (unpaired) electrons. The number of nitrogens with zero attached hydrogens (tertiary/aromatic N) is 3. The first-order valence-corrected chi connectivity index (χ1v) is 7.53. The smallest absolute Gasteiger partial charge is 0.148 e. The van der Waals surface area contributed by atoms with E-state index < -0.39 is 0 Å². The quantitative estimate of drug-likeness (QED) is 0.927. The van der Waals surface area contributed by atoms with E-state index in [0.717, 1.165) is 25.5 Å². The van der Waals surface area contributed by atoms with Crippen molar-refractivity contribution >= 4 is 17.4 Å². The number of nitrogens with one attached hydrogen (secondary N) is 1. The average molecular weight is 293 g/mol. The highest BCUT2D eigenvalue weighted by atomic mass is 35.5. The fourth-order valence-corrected chi connectivity index (χ4v) is 2.88. The summed E-state index contributed by atoms with van der Waals surface area (Å²) < 4.78 is 0. The number of hydrogen-bond donors (Lipinski definition) is 1. The average Bonchev–Trinajstić information content (AvgIpc) is 2.46. The van der Waals surface area contributed by atoms with Crippen LogP contribution >= 0.6 is 11.6 Å². The van der Waals surface area contributed by atoms with E-state index in [1.54, 1.807) is 12.3 Å². The first-order chi connectivity index (χ1) is 9.63. The van der Waals surface area contributed by atoms with Gasteiger partial charge in [0, 0.05) is 18.8 Å². The van der Waals surface area contributed by atoms with Gasteiger partial charge in [-0.1, -0.05) is 11.6 Å². The number of anilines is 1. The van der Waals surface area contributed by atoms with Gasteiger partial charge in [0.1, 0.15) is 16.9 Å². The van der Waals surface area contributed by atoms with Crippen molar-refractivity contribution in [3.63, 3.8) is 0 Å². The van der Waals surface area contributed by atoms with Gasteiger partial charge in [-0.25, -0.2) is 4.98 Å². The molecular weight excluding hydrogens is 272 g/mol. The maximum atomic E-state index is 9.09. The second-order valence-corrected chi connectivity index (χ2v) is 5.94. The summed E-state index contributed by atoms with van der Waals surface area (Å²) in [6.07, 6.45) is 4.11. The number of nitriles is 1. The normalized spacial score (nSPS) is 18.9. The molecule has 108 valence electrons. The Morgan fingerprint density at radius 3 is 3.00 bits per heavy atom. The van der Waals surface area contributed by atoms with Crippen LogP contribution in [0.15, 0.2) is 12.3 Å². The van der Waals surface area contributed by atoms with Crippen LogP contribution in [0.4, 0.5) is 5.82 Å². The first kappa shape index (κ1) is 15.1. The molecule has 1 saturated heterocycles. The Morgan fingerprint density at radius 2 is 2.40 bits per heavy atom. The Hall–Kier alpha value is -1.31. The molecule has 0 bridgehead atoms. The van der Waals surface area contributed by atoms with Gasteiger partial charge in [0.05, 0.1) is 5.56 Å². The van der Waals surface area contributed by atoms with E-state index in [2.05, 4.69) is 35.1 Å². The van der Waals surface area contributed by atoms with Gasteiger partial charge >= 0.3 is 0 Å². The van der Waals surface area contributed by atoms with Crippen molar-refractivity contribution in [3.8, 4) is 6.07 Å². The summed E-state index contributed by atoms with van der Waals surface area (Å²) in [6.45, 7) is 7.34. The maximum Gasteiger partial charge on any atom is 0.148 e. The Bertz CT molecular complexity index is 489. The maximum absolute atomic E-state index is 9.09. The van der Waals surface area contributed by atoms with Crippen LogP contribution in [0.2, 0.25) is 5.02 Å². The lowest BCUT2D eigenvalue weighted by Gasteiger charge is -2.34. The molecule has 20 heavy (non-hydrogen) atoms. The summed E-state index contributed by atoms with van der Waals surface area (Å²) in [4.78, 5) is 6.61. The van der Waals surface area contributed by atoms with Crippen LogP contribution in [-0.4, -0.2) is 30.7 Å². The molecule has 1 aromatic heterocycles. The van der Waals surface area contributed by atoms with Crippen LogP contribution in [0, 0.1) is 17.2 Å². The number of aromatic nitrogens is 1. The first-order valence-electron chi connectivity index (χ1n) is 7.15. The van der Waals surface area contributed by atoms with E-state index in [4.69, 9.17) is 16.9 Å². The van der Waals surface area contributed by atoms with Crippen molar-refractivity contribution in [2.24, 2.45) is 5.92 Å². The van der Waals surface area contributed by atoms with E-state index in [1.807, 2.05) is 0 Å². The van der Waals surface area contributed by atoms with E-state index >= 15 is 0 Å². The summed E-state index contributed by atoms with van der Waals surface area (Å²) in [6, 6.07) is 4.08. The van der Waals surface area contributed by atoms with Crippen molar-refractivity contribution in [1.82, 2.24) is 10.3 Å². The summed E-state index contributed by atoms with van der Waals surface area (Å²) >= 11 is 6.32. The van der Waals surface area contributed by atoms with E-state index in [1.165, 1.54) is 12.8 Å². The Kier molecular flexibility index (Phi) is 5.22. The highest BCUT2D eigenvalue weighted by Gasteiger charge is 2.22. The lowest BCUT2D eigenvalue weighted by molar-refractivity contribution is 0.370. The van der Waals surface area contributed by atoms with Gasteiger partial charge in [-0.05, 0) is 51.8 Å². The third kappa shape index (κ3) is 3.41. The molecule has 1 unspecified atom stereocenters. The minimum absolute atomic E-state index is 0.302. The zero-order valence-electron chi connectivity index (χ0n) is 12.1. The van der Waals surface area contributed by atoms with Gasteiger partial charge in [0.15, 0.2) is 0 Å². The molecule has 0 amide bonds. The molecule has 4 nitrogen and oxygen atoms in total. The number of halogens is 1. The third-order valence-electron chi connectivity index (χ3n) is 3.74. The van der Waals surface area contributed by atoms with E-state index in [0.29, 0.717) is 22.5 Å². The highest BCUT2D eigenvalue weighted by Crippen LogP contribution is 2.29. The molecular formula is C15H21ClN4. The third-order valence-corrected chi connectivity index (χ3v) is 4.11.